The highest BCUT2D eigenvalue weighted by atomic mass is 31.2. The van der Waals surface area contributed by atoms with Gasteiger partial charge in [-0.25, -0.2) is 4.57 Å². The van der Waals surface area contributed by atoms with Crippen molar-refractivity contribution in [1.82, 2.24) is 5.09 Å². The van der Waals surface area contributed by atoms with Crippen LogP contribution in [0.2, 0.25) is 0 Å². The maximum atomic E-state index is 13.6. The van der Waals surface area contributed by atoms with Gasteiger partial charge in [0.25, 0.3) is 0 Å². The standard InChI is InChI=1S/C27H24NO9P/c1-17(27(31)33-3)28-38(32,36-21-7-5-4-6-8-21)37-22-13-14-23-25(15-22)34-16-24(26(23)30)19-9-11-20(12-10-19)35-18(2)29/h4-17H,1-3H3,(H,28,32)/t17-,38?/m0/s1. The van der Waals surface area contributed by atoms with Crippen LogP contribution in [0.3, 0.4) is 0 Å². The summed E-state index contributed by atoms with van der Waals surface area (Å²) in [5.41, 5.74) is 0.741. The number of para-hydroxylation sites is 1. The van der Waals surface area contributed by atoms with E-state index in [1.54, 1.807) is 54.6 Å². The Morgan fingerprint density at radius 2 is 1.58 bits per heavy atom. The number of rotatable bonds is 9. The summed E-state index contributed by atoms with van der Waals surface area (Å²) >= 11 is 0. The van der Waals surface area contributed by atoms with Crippen molar-refractivity contribution in [3.63, 3.8) is 0 Å². The molecule has 2 atom stereocenters. The van der Waals surface area contributed by atoms with Gasteiger partial charge in [0.1, 0.15) is 35.1 Å². The molecule has 1 N–H and O–H groups in total. The van der Waals surface area contributed by atoms with Crippen LogP contribution in [0.4, 0.5) is 0 Å². The largest absolute Gasteiger partial charge is 0.513 e. The van der Waals surface area contributed by atoms with E-state index in [0.29, 0.717) is 16.9 Å². The average molecular weight is 537 g/mol. The van der Waals surface area contributed by atoms with Crippen LogP contribution < -0.4 is 24.3 Å². The molecule has 196 valence electrons. The number of carbonyl (C=O) groups is 2. The number of benzene rings is 3. The lowest BCUT2D eigenvalue weighted by molar-refractivity contribution is -0.142. The molecule has 0 radical (unpaired) electrons. The molecule has 11 heteroatoms. The third kappa shape index (κ3) is 6.29. The summed E-state index contributed by atoms with van der Waals surface area (Å²) in [4.78, 5) is 36.2. The minimum Gasteiger partial charge on any atom is -0.468 e. The third-order valence-corrected chi connectivity index (χ3v) is 6.88. The highest BCUT2D eigenvalue weighted by Crippen LogP contribution is 2.45. The number of methoxy groups -OCH3 is 1. The predicted octanol–water partition coefficient (Wildman–Crippen LogP) is 5.10. The van der Waals surface area contributed by atoms with Gasteiger partial charge in [0.15, 0.2) is 5.43 Å². The number of nitrogens with one attached hydrogen (secondary N) is 1. The number of hydrogen-bond donors (Lipinski definition) is 1. The molecule has 0 amide bonds. The van der Waals surface area contributed by atoms with Crippen LogP contribution in [0.25, 0.3) is 22.1 Å². The maximum absolute atomic E-state index is 13.6. The van der Waals surface area contributed by atoms with E-state index in [1.807, 2.05) is 0 Å². The van der Waals surface area contributed by atoms with Gasteiger partial charge in [0, 0.05) is 13.0 Å². The second kappa shape index (κ2) is 11.3. The Hall–Kier alpha value is -4.40. The van der Waals surface area contributed by atoms with E-state index >= 15 is 0 Å². The number of carbonyl (C=O) groups excluding carboxylic acids is 2. The minimum atomic E-state index is -4.16. The van der Waals surface area contributed by atoms with Gasteiger partial charge in [-0.3, -0.25) is 14.4 Å². The Labute approximate surface area is 217 Å². The number of hydrogen-bond acceptors (Lipinski definition) is 9. The quantitative estimate of drug-likeness (QED) is 0.175. The molecule has 1 aromatic heterocycles. The molecular weight excluding hydrogens is 513 g/mol. The second-order valence-corrected chi connectivity index (χ2v) is 9.74. The number of ether oxygens (including phenoxy) is 2. The molecule has 0 aliphatic carbocycles. The van der Waals surface area contributed by atoms with Crippen molar-refractivity contribution in [3.8, 4) is 28.4 Å². The summed E-state index contributed by atoms with van der Waals surface area (Å²) in [5.74, 6) is -0.441. The Bertz CT molecular complexity index is 1570. The van der Waals surface area contributed by atoms with Gasteiger partial charge in [-0.1, -0.05) is 30.3 Å². The van der Waals surface area contributed by atoms with Gasteiger partial charge in [-0.15, -0.1) is 0 Å². The molecule has 0 bridgehead atoms. The van der Waals surface area contributed by atoms with Crippen LogP contribution >= 0.6 is 7.75 Å². The van der Waals surface area contributed by atoms with Gasteiger partial charge in [-0.2, -0.15) is 5.09 Å². The smallest absolute Gasteiger partial charge is 0.468 e. The Balaban J connectivity index is 1.63. The third-order valence-electron chi connectivity index (χ3n) is 5.27. The zero-order valence-corrected chi connectivity index (χ0v) is 21.6. The second-order valence-electron chi connectivity index (χ2n) is 8.12. The molecule has 0 aliphatic heterocycles. The normalized spacial score (nSPS) is 13.2. The summed E-state index contributed by atoms with van der Waals surface area (Å²) in [6.07, 6.45) is 1.30. The summed E-state index contributed by atoms with van der Waals surface area (Å²) < 4.78 is 40.3. The van der Waals surface area contributed by atoms with E-state index in [1.165, 1.54) is 45.4 Å². The van der Waals surface area contributed by atoms with Crippen LogP contribution in [-0.2, 0) is 18.9 Å². The van der Waals surface area contributed by atoms with Crippen molar-refractivity contribution >= 4 is 30.7 Å². The molecule has 10 nitrogen and oxygen atoms in total. The van der Waals surface area contributed by atoms with Crippen LogP contribution in [0.5, 0.6) is 17.2 Å². The van der Waals surface area contributed by atoms with E-state index in [-0.39, 0.29) is 27.9 Å². The number of esters is 2. The van der Waals surface area contributed by atoms with Gasteiger partial charge in [0.05, 0.1) is 18.1 Å². The first-order valence-corrected chi connectivity index (χ1v) is 13.0. The Morgan fingerprint density at radius 1 is 0.921 bits per heavy atom. The lowest BCUT2D eigenvalue weighted by atomic mass is 10.1. The van der Waals surface area contributed by atoms with Crippen LogP contribution in [0.1, 0.15) is 13.8 Å². The van der Waals surface area contributed by atoms with Crippen LogP contribution in [-0.4, -0.2) is 25.1 Å². The van der Waals surface area contributed by atoms with E-state index in [2.05, 4.69) is 5.09 Å². The van der Waals surface area contributed by atoms with E-state index in [9.17, 15) is 18.9 Å². The molecule has 0 spiro atoms. The predicted molar refractivity (Wildman–Crippen MR) is 139 cm³/mol. The summed E-state index contributed by atoms with van der Waals surface area (Å²) in [6.45, 7) is 2.75. The minimum absolute atomic E-state index is 0.0722. The first kappa shape index (κ1) is 26.7. The summed E-state index contributed by atoms with van der Waals surface area (Å²) in [5, 5.41) is 2.82. The molecule has 1 heterocycles. The molecule has 4 aromatic rings. The van der Waals surface area contributed by atoms with Gasteiger partial charge < -0.3 is 22.9 Å². The van der Waals surface area contributed by atoms with Gasteiger partial charge >= 0.3 is 19.7 Å². The highest BCUT2D eigenvalue weighted by Gasteiger charge is 2.33. The zero-order valence-electron chi connectivity index (χ0n) is 20.7. The fourth-order valence-electron chi connectivity index (χ4n) is 3.53. The molecule has 0 fully saturated rings. The molecule has 0 aliphatic rings. The summed E-state index contributed by atoms with van der Waals surface area (Å²) in [6, 6.07) is 18.0. The van der Waals surface area contributed by atoms with Gasteiger partial charge in [0.2, 0.25) is 0 Å². The topological polar surface area (TPSA) is 130 Å². The fraction of sp³-hybridized carbons (Fsp3) is 0.148. The molecule has 3 aromatic carbocycles. The Kier molecular flexibility index (Phi) is 7.95. The monoisotopic (exact) mass is 537 g/mol. The van der Waals surface area contributed by atoms with Crippen molar-refractivity contribution in [2.75, 3.05) is 7.11 Å². The number of fused-ring (bicyclic) bond motifs is 1. The Morgan fingerprint density at radius 3 is 2.24 bits per heavy atom. The van der Waals surface area contributed by atoms with Crippen LogP contribution in [0, 0.1) is 0 Å². The van der Waals surface area contributed by atoms with Crippen molar-refractivity contribution in [2.24, 2.45) is 0 Å². The molecule has 1 unspecified atom stereocenters. The summed E-state index contributed by atoms with van der Waals surface area (Å²) in [7, 11) is -2.95. The SMILES string of the molecule is COC(=O)[C@H](C)NP(=O)(Oc1ccccc1)Oc1ccc2c(=O)c(-c3ccc(OC(C)=O)cc3)coc2c1. The first-order chi connectivity index (χ1) is 18.2. The van der Waals surface area contributed by atoms with E-state index in [0.717, 1.165) is 0 Å². The van der Waals surface area contributed by atoms with E-state index in [4.69, 9.17) is 22.9 Å². The van der Waals surface area contributed by atoms with Crippen molar-refractivity contribution in [2.45, 2.75) is 19.9 Å². The van der Waals surface area contributed by atoms with Crippen LogP contribution in [0.15, 0.2) is 88.3 Å². The zero-order chi connectivity index (χ0) is 27.3. The molecule has 4 rings (SSSR count). The van der Waals surface area contributed by atoms with Crippen molar-refractivity contribution in [3.05, 3.63) is 89.3 Å². The highest BCUT2D eigenvalue weighted by molar-refractivity contribution is 7.52. The lowest BCUT2D eigenvalue weighted by Crippen LogP contribution is -2.35. The fourth-order valence-corrected chi connectivity index (χ4v) is 5.04. The molecule has 0 saturated heterocycles. The maximum Gasteiger partial charge on any atom is 0.513 e. The molecule has 0 saturated carbocycles. The first-order valence-electron chi connectivity index (χ1n) is 11.4. The van der Waals surface area contributed by atoms with Gasteiger partial charge in [-0.05, 0) is 48.9 Å². The molecular formula is C27H24NO9P. The average Bonchev–Trinajstić information content (AvgIpc) is 2.89. The van der Waals surface area contributed by atoms with Crippen molar-refractivity contribution in [1.29, 1.82) is 0 Å². The van der Waals surface area contributed by atoms with E-state index < -0.39 is 25.7 Å². The lowest BCUT2D eigenvalue weighted by Gasteiger charge is -2.22. The molecule has 38 heavy (non-hydrogen) atoms. The van der Waals surface area contributed by atoms with Crippen molar-refractivity contribution < 1.29 is 37.1 Å².